The van der Waals surface area contributed by atoms with Crippen molar-refractivity contribution in [3.63, 3.8) is 0 Å². The van der Waals surface area contributed by atoms with Gasteiger partial charge in [0.05, 0.1) is 0 Å². The van der Waals surface area contributed by atoms with Gasteiger partial charge < -0.3 is 15.2 Å². The Balaban J connectivity index is 1.65. The molecule has 6 heteroatoms. The van der Waals surface area contributed by atoms with E-state index in [-0.39, 0.29) is 12.2 Å². The molecule has 1 aliphatic heterocycles. The van der Waals surface area contributed by atoms with E-state index in [1.807, 2.05) is 6.07 Å². The van der Waals surface area contributed by atoms with Gasteiger partial charge in [0.25, 0.3) is 0 Å². The van der Waals surface area contributed by atoms with Gasteiger partial charge in [0, 0.05) is 24.2 Å². The standard InChI is InChI=1S/C21H21NO5/c23-19(15-5-2-1-3-6-15)16-10-8-14(9-11-16)13-17(21(25)26)22-20(24)18-7-4-12-27-18/h1-3,5-6,8-11,17-18H,4,7,12-13H2,(H,22,24)(H,25,26)/t17-,18+/m1/s1. The first-order chi connectivity index (χ1) is 13.0. The highest BCUT2D eigenvalue weighted by atomic mass is 16.5. The van der Waals surface area contributed by atoms with Gasteiger partial charge in [-0.05, 0) is 18.4 Å². The van der Waals surface area contributed by atoms with E-state index < -0.39 is 24.0 Å². The van der Waals surface area contributed by atoms with E-state index in [1.54, 1.807) is 48.5 Å². The Labute approximate surface area is 157 Å². The monoisotopic (exact) mass is 367 g/mol. The molecular weight excluding hydrogens is 346 g/mol. The van der Waals surface area contributed by atoms with Crippen LogP contribution in [0, 0.1) is 0 Å². The summed E-state index contributed by atoms with van der Waals surface area (Å²) < 4.78 is 5.29. The number of carboxylic acid groups (broad SMARTS) is 1. The molecule has 0 spiro atoms. The number of ketones is 1. The fourth-order valence-corrected chi connectivity index (χ4v) is 3.03. The van der Waals surface area contributed by atoms with Gasteiger partial charge in [-0.1, -0.05) is 54.6 Å². The van der Waals surface area contributed by atoms with Crippen molar-refractivity contribution in [1.82, 2.24) is 5.32 Å². The predicted octanol–water partition coefficient (Wildman–Crippen LogP) is 2.21. The van der Waals surface area contributed by atoms with Gasteiger partial charge in [0.2, 0.25) is 5.91 Å². The number of carboxylic acids is 1. The third-order valence-corrected chi connectivity index (χ3v) is 4.53. The second kappa shape index (κ2) is 8.60. The van der Waals surface area contributed by atoms with Gasteiger partial charge in [0.1, 0.15) is 12.1 Å². The fraction of sp³-hybridized carbons (Fsp3) is 0.286. The van der Waals surface area contributed by atoms with Crippen molar-refractivity contribution < 1.29 is 24.2 Å². The maximum Gasteiger partial charge on any atom is 0.326 e. The molecule has 3 rings (SSSR count). The van der Waals surface area contributed by atoms with Crippen LogP contribution in [0.4, 0.5) is 0 Å². The van der Waals surface area contributed by atoms with Crippen LogP contribution in [-0.2, 0) is 20.7 Å². The Morgan fingerprint density at radius 3 is 2.30 bits per heavy atom. The molecule has 0 unspecified atom stereocenters. The fourth-order valence-electron chi connectivity index (χ4n) is 3.03. The van der Waals surface area contributed by atoms with Crippen LogP contribution in [0.5, 0.6) is 0 Å². The molecule has 1 saturated heterocycles. The van der Waals surface area contributed by atoms with E-state index in [9.17, 15) is 19.5 Å². The van der Waals surface area contributed by atoms with Crippen molar-refractivity contribution in [2.45, 2.75) is 31.4 Å². The van der Waals surface area contributed by atoms with Crippen molar-refractivity contribution in [1.29, 1.82) is 0 Å². The zero-order valence-electron chi connectivity index (χ0n) is 14.8. The SMILES string of the molecule is O=C(c1ccccc1)c1ccc(C[C@@H](NC(=O)[C@@H]2CCCO2)C(=O)O)cc1. The summed E-state index contributed by atoms with van der Waals surface area (Å²) in [6.07, 6.45) is 0.965. The van der Waals surface area contributed by atoms with E-state index >= 15 is 0 Å². The third-order valence-electron chi connectivity index (χ3n) is 4.53. The molecule has 0 bridgehead atoms. The number of hydrogen-bond donors (Lipinski definition) is 2. The van der Waals surface area contributed by atoms with Crippen LogP contribution in [-0.4, -0.2) is 41.5 Å². The van der Waals surface area contributed by atoms with E-state index in [0.29, 0.717) is 24.2 Å². The molecule has 1 amide bonds. The van der Waals surface area contributed by atoms with Crippen LogP contribution in [0.3, 0.4) is 0 Å². The third kappa shape index (κ3) is 4.80. The van der Waals surface area contributed by atoms with Gasteiger partial charge in [-0.25, -0.2) is 4.79 Å². The van der Waals surface area contributed by atoms with Gasteiger partial charge >= 0.3 is 5.97 Å². The van der Waals surface area contributed by atoms with Crippen LogP contribution in [0.15, 0.2) is 54.6 Å². The molecule has 140 valence electrons. The molecule has 0 radical (unpaired) electrons. The lowest BCUT2D eigenvalue weighted by atomic mass is 9.99. The highest BCUT2D eigenvalue weighted by Crippen LogP contribution is 2.14. The Hall–Kier alpha value is -2.99. The predicted molar refractivity (Wildman–Crippen MR) is 98.6 cm³/mol. The van der Waals surface area contributed by atoms with Crippen LogP contribution in [0.2, 0.25) is 0 Å². The lowest BCUT2D eigenvalue weighted by molar-refractivity contribution is -0.143. The number of hydrogen-bond acceptors (Lipinski definition) is 4. The number of ether oxygens (including phenoxy) is 1. The molecule has 0 saturated carbocycles. The average Bonchev–Trinajstić information content (AvgIpc) is 3.23. The first-order valence-corrected chi connectivity index (χ1v) is 8.88. The highest BCUT2D eigenvalue weighted by molar-refractivity contribution is 6.08. The number of carbonyl (C=O) groups is 3. The molecule has 0 aromatic heterocycles. The van der Waals surface area contributed by atoms with Crippen molar-refractivity contribution in [2.75, 3.05) is 6.61 Å². The first kappa shape index (κ1) is 18.8. The number of aliphatic carboxylic acids is 1. The van der Waals surface area contributed by atoms with Gasteiger partial charge in [0.15, 0.2) is 5.78 Å². The van der Waals surface area contributed by atoms with E-state index in [1.165, 1.54) is 0 Å². The van der Waals surface area contributed by atoms with Crippen molar-refractivity contribution in [3.8, 4) is 0 Å². The Kier molecular flexibility index (Phi) is 5.98. The quantitative estimate of drug-likeness (QED) is 0.732. The molecule has 2 N–H and O–H groups in total. The van der Waals surface area contributed by atoms with Crippen LogP contribution >= 0.6 is 0 Å². The Morgan fingerprint density at radius 2 is 1.70 bits per heavy atom. The van der Waals surface area contributed by atoms with E-state index in [0.717, 1.165) is 12.0 Å². The van der Waals surface area contributed by atoms with E-state index in [2.05, 4.69) is 5.32 Å². The summed E-state index contributed by atoms with van der Waals surface area (Å²) >= 11 is 0. The first-order valence-electron chi connectivity index (χ1n) is 8.88. The Bertz CT molecular complexity index is 810. The number of benzene rings is 2. The molecule has 1 aliphatic rings. The van der Waals surface area contributed by atoms with Crippen molar-refractivity contribution >= 4 is 17.7 Å². The summed E-state index contributed by atoms with van der Waals surface area (Å²) in [4.78, 5) is 36.0. The maximum atomic E-state index is 12.4. The number of carbonyl (C=O) groups excluding carboxylic acids is 2. The zero-order valence-corrected chi connectivity index (χ0v) is 14.8. The van der Waals surface area contributed by atoms with Crippen molar-refractivity contribution in [3.05, 3.63) is 71.3 Å². The molecule has 1 fully saturated rings. The normalized spacial score (nSPS) is 17.3. The lowest BCUT2D eigenvalue weighted by Crippen LogP contribution is -2.46. The molecule has 27 heavy (non-hydrogen) atoms. The molecular formula is C21H21NO5. The van der Waals surface area contributed by atoms with Gasteiger partial charge in [-0.15, -0.1) is 0 Å². The zero-order chi connectivity index (χ0) is 19.2. The number of rotatable bonds is 7. The van der Waals surface area contributed by atoms with Crippen LogP contribution in [0.25, 0.3) is 0 Å². The van der Waals surface area contributed by atoms with Crippen LogP contribution in [0.1, 0.15) is 34.3 Å². The smallest absolute Gasteiger partial charge is 0.326 e. The summed E-state index contributed by atoms with van der Waals surface area (Å²) in [6.45, 7) is 0.521. The molecule has 1 heterocycles. The highest BCUT2D eigenvalue weighted by Gasteiger charge is 2.28. The second-order valence-electron chi connectivity index (χ2n) is 6.50. The van der Waals surface area contributed by atoms with Gasteiger partial charge in [-0.3, -0.25) is 9.59 Å². The average molecular weight is 367 g/mol. The number of nitrogens with one attached hydrogen (secondary N) is 1. The minimum Gasteiger partial charge on any atom is -0.480 e. The largest absolute Gasteiger partial charge is 0.480 e. The summed E-state index contributed by atoms with van der Waals surface area (Å²) in [6, 6.07) is 14.7. The minimum atomic E-state index is -1.11. The maximum absolute atomic E-state index is 12.4. The minimum absolute atomic E-state index is 0.0939. The molecule has 6 nitrogen and oxygen atoms in total. The van der Waals surface area contributed by atoms with Gasteiger partial charge in [-0.2, -0.15) is 0 Å². The second-order valence-corrected chi connectivity index (χ2v) is 6.50. The molecule has 2 aromatic rings. The van der Waals surface area contributed by atoms with E-state index in [4.69, 9.17) is 4.74 Å². The molecule has 2 atom stereocenters. The Morgan fingerprint density at radius 1 is 1.04 bits per heavy atom. The van der Waals surface area contributed by atoms with Crippen LogP contribution < -0.4 is 5.32 Å². The molecule has 0 aliphatic carbocycles. The lowest BCUT2D eigenvalue weighted by Gasteiger charge is -2.17. The topological polar surface area (TPSA) is 92.7 Å². The van der Waals surface area contributed by atoms with Crippen molar-refractivity contribution in [2.24, 2.45) is 0 Å². The summed E-state index contributed by atoms with van der Waals surface area (Å²) in [5.74, 6) is -1.59. The summed E-state index contributed by atoms with van der Waals surface area (Å²) in [5, 5.41) is 11.9. The summed E-state index contributed by atoms with van der Waals surface area (Å²) in [7, 11) is 0. The summed E-state index contributed by atoms with van der Waals surface area (Å²) in [5.41, 5.74) is 1.84. The molecule has 2 aromatic carbocycles. The number of amides is 1.